The summed E-state index contributed by atoms with van der Waals surface area (Å²) in [6, 6.07) is 0.526. The summed E-state index contributed by atoms with van der Waals surface area (Å²) < 4.78 is 5.84. The second kappa shape index (κ2) is 4.42. The van der Waals surface area contributed by atoms with Crippen LogP contribution >= 0.6 is 11.8 Å². The molecule has 0 bridgehead atoms. The van der Waals surface area contributed by atoms with Crippen molar-refractivity contribution in [2.45, 2.75) is 44.9 Å². The minimum atomic E-state index is -0.0356. The highest BCUT2D eigenvalue weighted by Crippen LogP contribution is 2.32. The molecule has 2 saturated heterocycles. The fourth-order valence-corrected chi connectivity index (χ4v) is 3.74. The standard InChI is InChI=1S/C11H21NOS/c1-9-8-13-11(2,12-9)7-10-3-5-14-6-4-10/h9-10,12H,3-8H2,1-2H3. The van der Waals surface area contributed by atoms with Gasteiger partial charge in [-0.3, -0.25) is 5.32 Å². The van der Waals surface area contributed by atoms with Crippen molar-refractivity contribution >= 4 is 11.8 Å². The minimum Gasteiger partial charge on any atom is -0.359 e. The van der Waals surface area contributed by atoms with E-state index >= 15 is 0 Å². The Morgan fingerprint density at radius 1 is 1.43 bits per heavy atom. The zero-order valence-electron chi connectivity index (χ0n) is 9.21. The molecule has 2 aliphatic rings. The molecule has 2 nitrogen and oxygen atoms in total. The Bertz CT molecular complexity index is 194. The lowest BCUT2D eigenvalue weighted by Crippen LogP contribution is -2.42. The number of nitrogens with one attached hydrogen (secondary N) is 1. The SMILES string of the molecule is CC1COC(C)(CC2CCSCC2)N1. The Hall–Kier alpha value is 0.270. The van der Waals surface area contributed by atoms with Gasteiger partial charge in [-0.05, 0) is 50.5 Å². The molecule has 2 heterocycles. The van der Waals surface area contributed by atoms with Crippen molar-refractivity contribution in [3.8, 4) is 0 Å². The summed E-state index contributed by atoms with van der Waals surface area (Å²) >= 11 is 2.09. The normalized spacial score (nSPS) is 40.3. The van der Waals surface area contributed by atoms with E-state index in [2.05, 4.69) is 30.9 Å². The van der Waals surface area contributed by atoms with Crippen LogP contribution in [0, 0.1) is 5.92 Å². The molecule has 2 atom stereocenters. The van der Waals surface area contributed by atoms with Gasteiger partial charge in [0, 0.05) is 6.04 Å². The first kappa shape index (κ1) is 10.8. The van der Waals surface area contributed by atoms with Crippen molar-refractivity contribution in [2.75, 3.05) is 18.1 Å². The summed E-state index contributed by atoms with van der Waals surface area (Å²) in [5, 5.41) is 3.55. The maximum Gasteiger partial charge on any atom is 0.117 e. The average molecular weight is 215 g/mol. The maximum absolute atomic E-state index is 5.84. The summed E-state index contributed by atoms with van der Waals surface area (Å²) in [7, 11) is 0. The molecule has 0 aromatic carbocycles. The van der Waals surface area contributed by atoms with Gasteiger partial charge in [0.25, 0.3) is 0 Å². The molecule has 0 amide bonds. The molecule has 2 unspecified atom stereocenters. The van der Waals surface area contributed by atoms with E-state index in [0.29, 0.717) is 6.04 Å². The third kappa shape index (κ3) is 2.65. The van der Waals surface area contributed by atoms with Crippen LogP contribution in [0.15, 0.2) is 0 Å². The highest BCUT2D eigenvalue weighted by molar-refractivity contribution is 7.99. The molecule has 0 radical (unpaired) electrons. The van der Waals surface area contributed by atoms with E-state index in [0.717, 1.165) is 12.5 Å². The molecule has 1 N–H and O–H groups in total. The first-order chi connectivity index (χ1) is 6.68. The molecular formula is C11H21NOS. The lowest BCUT2D eigenvalue weighted by atomic mass is 9.93. The van der Waals surface area contributed by atoms with E-state index in [1.54, 1.807) is 0 Å². The molecule has 2 rings (SSSR count). The topological polar surface area (TPSA) is 21.3 Å². The van der Waals surface area contributed by atoms with Gasteiger partial charge in [-0.15, -0.1) is 0 Å². The maximum atomic E-state index is 5.84. The second-order valence-electron chi connectivity index (χ2n) is 4.85. The fourth-order valence-electron chi connectivity index (χ4n) is 2.53. The molecule has 3 heteroatoms. The third-order valence-corrected chi connectivity index (χ3v) is 4.27. The van der Waals surface area contributed by atoms with Crippen molar-refractivity contribution in [3.63, 3.8) is 0 Å². The van der Waals surface area contributed by atoms with Gasteiger partial charge >= 0.3 is 0 Å². The molecule has 0 spiro atoms. The largest absolute Gasteiger partial charge is 0.359 e. The van der Waals surface area contributed by atoms with Crippen LogP contribution in [-0.4, -0.2) is 29.9 Å². The first-order valence-electron chi connectivity index (χ1n) is 5.67. The van der Waals surface area contributed by atoms with Gasteiger partial charge in [0.15, 0.2) is 0 Å². The van der Waals surface area contributed by atoms with E-state index < -0.39 is 0 Å². The van der Waals surface area contributed by atoms with Gasteiger partial charge in [-0.2, -0.15) is 11.8 Å². The van der Waals surface area contributed by atoms with Crippen molar-refractivity contribution < 1.29 is 4.74 Å². The van der Waals surface area contributed by atoms with Crippen LogP contribution in [0.4, 0.5) is 0 Å². The van der Waals surface area contributed by atoms with Crippen LogP contribution in [0.2, 0.25) is 0 Å². The Balaban J connectivity index is 1.83. The lowest BCUT2D eigenvalue weighted by molar-refractivity contribution is -0.0143. The number of hydrogen-bond acceptors (Lipinski definition) is 3. The smallest absolute Gasteiger partial charge is 0.117 e. The van der Waals surface area contributed by atoms with Gasteiger partial charge in [-0.1, -0.05) is 0 Å². The van der Waals surface area contributed by atoms with E-state index in [9.17, 15) is 0 Å². The Morgan fingerprint density at radius 2 is 2.14 bits per heavy atom. The monoisotopic (exact) mass is 215 g/mol. The van der Waals surface area contributed by atoms with Crippen LogP contribution < -0.4 is 5.32 Å². The molecule has 0 saturated carbocycles. The number of hydrogen-bond donors (Lipinski definition) is 1. The van der Waals surface area contributed by atoms with E-state index in [4.69, 9.17) is 4.74 Å². The average Bonchev–Trinajstić information content (AvgIpc) is 2.47. The molecule has 82 valence electrons. The number of ether oxygens (including phenoxy) is 1. The van der Waals surface area contributed by atoms with Crippen LogP contribution in [0.1, 0.15) is 33.1 Å². The van der Waals surface area contributed by atoms with Crippen LogP contribution in [0.5, 0.6) is 0 Å². The van der Waals surface area contributed by atoms with E-state index in [1.807, 2.05) is 0 Å². The van der Waals surface area contributed by atoms with Crippen molar-refractivity contribution in [1.29, 1.82) is 0 Å². The van der Waals surface area contributed by atoms with Crippen molar-refractivity contribution in [3.05, 3.63) is 0 Å². The molecular weight excluding hydrogens is 194 g/mol. The minimum absolute atomic E-state index is 0.0356. The zero-order chi connectivity index (χ0) is 10.0. The number of rotatable bonds is 2. The predicted molar refractivity (Wildman–Crippen MR) is 61.6 cm³/mol. The number of thioether (sulfide) groups is 1. The third-order valence-electron chi connectivity index (χ3n) is 3.22. The molecule has 2 aliphatic heterocycles. The van der Waals surface area contributed by atoms with Crippen molar-refractivity contribution in [1.82, 2.24) is 5.32 Å². The molecule has 0 aromatic heterocycles. The van der Waals surface area contributed by atoms with Crippen LogP contribution in [0.25, 0.3) is 0 Å². The lowest BCUT2D eigenvalue weighted by Gasteiger charge is -2.31. The first-order valence-corrected chi connectivity index (χ1v) is 6.83. The molecule has 14 heavy (non-hydrogen) atoms. The summed E-state index contributed by atoms with van der Waals surface area (Å²) in [5.41, 5.74) is -0.0356. The van der Waals surface area contributed by atoms with Crippen LogP contribution in [0.3, 0.4) is 0 Å². The van der Waals surface area contributed by atoms with Crippen LogP contribution in [-0.2, 0) is 4.74 Å². The summed E-state index contributed by atoms with van der Waals surface area (Å²) in [6.07, 6.45) is 3.94. The van der Waals surface area contributed by atoms with Gasteiger partial charge < -0.3 is 4.74 Å². The second-order valence-corrected chi connectivity index (χ2v) is 6.07. The quantitative estimate of drug-likeness (QED) is 0.763. The van der Waals surface area contributed by atoms with Gasteiger partial charge in [-0.25, -0.2) is 0 Å². The van der Waals surface area contributed by atoms with Gasteiger partial charge in [0.1, 0.15) is 5.72 Å². The van der Waals surface area contributed by atoms with Gasteiger partial charge in [0.05, 0.1) is 6.61 Å². The Morgan fingerprint density at radius 3 is 2.71 bits per heavy atom. The summed E-state index contributed by atoms with van der Waals surface area (Å²) in [5.74, 6) is 3.56. The summed E-state index contributed by atoms with van der Waals surface area (Å²) in [4.78, 5) is 0. The predicted octanol–water partition coefficient (Wildman–Crippen LogP) is 2.24. The molecule has 0 aromatic rings. The van der Waals surface area contributed by atoms with Gasteiger partial charge in [0.2, 0.25) is 0 Å². The zero-order valence-corrected chi connectivity index (χ0v) is 10.0. The highest BCUT2D eigenvalue weighted by atomic mass is 32.2. The summed E-state index contributed by atoms with van der Waals surface area (Å²) in [6.45, 7) is 5.28. The van der Waals surface area contributed by atoms with E-state index in [-0.39, 0.29) is 5.72 Å². The molecule has 0 aliphatic carbocycles. The Kier molecular flexibility index (Phi) is 3.40. The van der Waals surface area contributed by atoms with Crippen molar-refractivity contribution in [2.24, 2.45) is 5.92 Å². The fraction of sp³-hybridized carbons (Fsp3) is 1.00. The van der Waals surface area contributed by atoms with E-state index in [1.165, 1.54) is 30.8 Å². The highest BCUT2D eigenvalue weighted by Gasteiger charge is 2.35. The molecule has 2 fully saturated rings. The Labute approximate surface area is 91.2 Å².